The Kier molecular flexibility index (Phi) is 11.4. The van der Waals surface area contributed by atoms with Gasteiger partial charge in [0.1, 0.15) is 17.5 Å². The van der Waals surface area contributed by atoms with E-state index in [0.717, 1.165) is 50.7 Å². The van der Waals surface area contributed by atoms with E-state index >= 15 is 0 Å². The van der Waals surface area contributed by atoms with Gasteiger partial charge in [0.15, 0.2) is 5.16 Å². The Balaban J connectivity index is 1.09. The fourth-order valence-electron chi connectivity index (χ4n) is 5.71. The van der Waals surface area contributed by atoms with Gasteiger partial charge in [0.05, 0.1) is 5.69 Å². The second-order valence-corrected chi connectivity index (χ2v) is 12.5. The van der Waals surface area contributed by atoms with Gasteiger partial charge in [-0.1, -0.05) is 30.0 Å². The highest BCUT2D eigenvalue weighted by atomic mass is 32.2. The van der Waals surface area contributed by atoms with Crippen LogP contribution in [0, 0.1) is 11.3 Å². The first kappa shape index (κ1) is 32.3. The van der Waals surface area contributed by atoms with Gasteiger partial charge in [-0.05, 0) is 63.0 Å². The van der Waals surface area contributed by atoms with Crippen molar-refractivity contribution in [2.45, 2.75) is 44.2 Å². The molecule has 3 N–H and O–H groups in total. The quantitative estimate of drug-likeness (QED) is 0.226. The highest BCUT2D eigenvalue weighted by molar-refractivity contribution is 7.99. The zero-order chi connectivity index (χ0) is 31.6. The third kappa shape index (κ3) is 9.23. The van der Waals surface area contributed by atoms with Crippen LogP contribution in [0.5, 0.6) is 0 Å². The maximum absolute atomic E-state index is 12.9. The van der Waals surface area contributed by atoms with E-state index in [4.69, 9.17) is 10.7 Å². The number of nitriles is 1. The number of thioether (sulfide) groups is 1. The van der Waals surface area contributed by atoms with Crippen molar-refractivity contribution in [1.29, 1.82) is 5.26 Å². The second-order valence-electron chi connectivity index (χ2n) is 11.5. The molecule has 11 nitrogen and oxygen atoms in total. The molecule has 2 amide bonds. The smallest absolute Gasteiger partial charge is 0.223 e. The van der Waals surface area contributed by atoms with Crippen molar-refractivity contribution in [3.05, 3.63) is 59.4 Å². The third-order valence-electron chi connectivity index (χ3n) is 8.21. The van der Waals surface area contributed by atoms with Gasteiger partial charge in [0.25, 0.3) is 0 Å². The maximum Gasteiger partial charge on any atom is 0.223 e. The number of amides is 2. The molecule has 4 heterocycles. The molecule has 5 rings (SSSR count). The lowest BCUT2D eigenvalue weighted by molar-refractivity contribution is -0.133. The number of piperazine rings is 1. The number of anilines is 2. The van der Waals surface area contributed by atoms with E-state index in [1.807, 2.05) is 23.1 Å². The fraction of sp³-hybridized carbons (Fsp3) is 0.455. The summed E-state index contributed by atoms with van der Waals surface area (Å²) in [6, 6.07) is 15.2. The van der Waals surface area contributed by atoms with Crippen LogP contribution in [-0.2, 0) is 22.4 Å². The number of rotatable bonds is 12. The van der Waals surface area contributed by atoms with Crippen LogP contribution in [0.1, 0.15) is 43.1 Å². The van der Waals surface area contributed by atoms with Crippen molar-refractivity contribution < 1.29 is 9.59 Å². The van der Waals surface area contributed by atoms with Crippen LogP contribution < -0.4 is 11.1 Å². The number of aromatic nitrogens is 3. The first-order chi connectivity index (χ1) is 21.9. The van der Waals surface area contributed by atoms with Crippen molar-refractivity contribution in [3.63, 3.8) is 0 Å². The SMILES string of the molecule is CC(=O)Nc1ccc(-c2nc(SCCc3cccc(CCC(=O)N4CCN(CCN5CCCC5)CC4)n3)nc(N)c2C#N)cc1. The predicted molar refractivity (Wildman–Crippen MR) is 177 cm³/mol. The van der Waals surface area contributed by atoms with Gasteiger partial charge in [-0.25, -0.2) is 9.97 Å². The van der Waals surface area contributed by atoms with Crippen LogP contribution in [0.15, 0.2) is 47.6 Å². The molecule has 0 saturated carbocycles. The van der Waals surface area contributed by atoms with Crippen molar-refractivity contribution in [3.8, 4) is 17.3 Å². The molecule has 45 heavy (non-hydrogen) atoms. The van der Waals surface area contributed by atoms with Crippen LogP contribution in [0.25, 0.3) is 11.3 Å². The van der Waals surface area contributed by atoms with Gasteiger partial charge in [0.2, 0.25) is 11.8 Å². The van der Waals surface area contributed by atoms with Crippen LogP contribution in [0.2, 0.25) is 0 Å². The monoisotopic (exact) mass is 627 g/mol. The first-order valence-electron chi connectivity index (χ1n) is 15.6. The number of nitrogens with zero attached hydrogens (tertiary/aromatic N) is 7. The van der Waals surface area contributed by atoms with Crippen molar-refractivity contribution in [2.75, 3.05) is 69.2 Å². The number of nitrogens with two attached hydrogens (primary N) is 1. The molecule has 0 radical (unpaired) electrons. The van der Waals surface area contributed by atoms with Crippen LogP contribution in [0.3, 0.4) is 0 Å². The largest absolute Gasteiger partial charge is 0.382 e. The van der Waals surface area contributed by atoms with Crippen LogP contribution in [0.4, 0.5) is 11.5 Å². The van der Waals surface area contributed by atoms with Gasteiger partial charge in [0, 0.05) is 81.0 Å². The average Bonchev–Trinajstić information content (AvgIpc) is 3.57. The summed E-state index contributed by atoms with van der Waals surface area (Å²) < 4.78 is 0. The molecular weight excluding hydrogens is 586 g/mol. The zero-order valence-corrected chi connectivity index (χ0v) is 26.7. The number of nitrogens with one attached hydrogen (secondary N) is 1. The predicted octanol–water partition coefficient (Wildman–Crippen LogP) is 3.46. The number of hydrogen-bond donors (Lipinski definition) is 2. The molecule has 12 heteroatoms. The minimum absolute atomic E-state index is 0.129. The normalized spacial score (nSPS) is 15.6. The lowest BCUT2D eigenvalue weighted by atomic mass is 10.1. The molecule has 0 aliphatic carbocycles. The Morgan fingerprint density at radius 3 is 2.24 bits per heavy atom. The summed E-state index contributed by atoms with van der Waals surface area (Å²) in [5.74, 6) is 0.840. The van der Waals surface area contributed by atoms with Crippen molar-refractivity contribution in [2.24, 2.45) is 0 Å². The fourth-order valence-corrected chi connectivity index (χ4v) is 6.53. The van der Waals surface area contributed by atoms with Crippen LogP contribution in [-0.4, -0.2) is 99.6 Å². The Bertz CT molecular complexity index is 1510. The van der Waals surface area contributed by atoms with Gasteiger partial charge in [-0.3, -0.25) is 19.5 Å². The third-order valence-corrected chi connectivity index (χ3v) is 9.06. The van der Waals surface area contributed by atoms with Crippen LogP contribution >= 0.6 is 11.8 Å². The number of likely N-dealkylation sites (tertiary alicyclic amines) is 1. The molecule has 0 atom stereocenters. The van der Waals surface area contributed by atoms with Gasteiger partial charge < -0.3 is 20.9 Å². The minimum atomic E-state index is -0.161. The van der Waals surface area contributed by atoms with E-state index in [1.54, 1.807) is 24.3 Å². The first-order valence-corrected chi connectivity index (χ1v) is 16.6. The summed E-state index contributed by atoms with van der Waals surface area (Å²) >= 11 is 1.45. The molecule has 2 aromatic heterocycles. The number of aryl methyl sites for hydroxylation is 2. The Hall–Kier alpha value is -4.05. The van der Waals surface area contributed by atoms with Gasteiger partial charge in [-0.15, -0.1) is 0 Å². The van der Waals surface area contributed by atoms with E-state index in [0.29, 0.717) is 47.1 Å². The van der Waals surface area contributed by atoms with Gasteiger partial charge in [-0.2, -0.15) is 5.26 Å². The van der Waals surface area contributed by atoms with Crippen molar-refractivity contribution >= 4 is 35.1 Å². The summed E-state index contributed by atoms with van der Waals surface area (Å²) in [5.41, 5.74) is 10.0. The molecule has 0 spiro atoms. The van der Waals surface area contributed by atoms with Gasteiger partial charge >= 0.3 is 0 Å². The van der Waals surface area contributed by atoms with E-state index < -0.39 is 0 Å². The number of hydrogen-bond acceptors (Lipinski definition) is 10. The Morgan fingerprint density at radius 1 is 0.911 bits per heavy atom. The molecular formula is C33H41N9O2S. The summed E-state index contributed by atoms with van der Waals surface area (Å²) in [6.07, 6.45) is 4.42. The lowest BCUT2D eigenvalue weighted by Crippen LogP contribution is -2.50. The molecule has 3 aromatic rings. The average molecular weight is 628 g/mol. The van der Waals surface area contributed by atoms with E-state index in [-0.39, 0.29) is 23.2 Å². The highest BCUT2D eigenvalue weighted by Gasteiger charge is 2.22. The Morgan fingerprint density at radius 2 is 1.58 bits per heavy atom. The highest BCUT2D eigenvalue weighted by Crippen LogP contribution is 2.29. The summed E-state index contributed by atoms with van der Waals surface area (Å²) in [5, 5.41) is 12.9. The Labute approximate surface area is 269 Å². The minimum Gasteiger partial charge on any atom is -0.382 e. The number of carbonyl (C=O) groups excluding carboxylic acids is 2. The second kappa shape index (κ2) is 15.8. The van der Waals surface area contributed by atoms with E-state index in [9.17, 15) is 14.9 Å². The standard InChI is InChI=1S/C33H41N9O2S/c1-24(43)36-28-9-7-25(8-10-28)31-29(23-34)32(35)39-33(38-31)45-22-13-27-6-4-5-26(37-27)11-12-30(44)42-20-18-41(19-21-42)17-16-40-14-2-3-15-40/h4-10H,2-3,11-22H2,1H3,(H,36,43)(H2,35,38,39). The summed E-state index contributed by atoms with van der Waals surface area (Å²) in [7, 11) is 0. The molecule has 0 bridgehead atoms. The summed E-state index contributed by atoms with van der Waals surface area (Å²) in [6.45, 7) is 9.64. The van der Waals surface area contributed by atoms with Crippen molar-refractivity contribution in [1.82, 2.24) is 29.7 Å². The molecule has 236 valence electrons. The molecule has 2 aliphatic heterocycles. The number of carbonyl (C=O) groups is 2. The zero-order valence-electron chi connectivity index (χ0n) is 25.9. The molecule has 0 unspecified atom stereocenters. The number of pyridine rings is 1. The number of benzene rings is 1. The van der Waals surface area contributed by atoms with E-state index in [1.165, 1.54) is 44.6 Å². The number of nitrogen functional groups attached to an aromatic ring is 1. The molecule has 1 aromatic carbocycles. The molecule has 2 saturated heterocycles. The topological polar surface area (TPSA) is 144 Å². The maximum atomic E-state index is 12.9. The van der Waals surface area contributed by atoms with E-state index in [2.05, 4.69) is 31.2 Å². The lowest BCUT2D eigenvalue weighted by Gasteiger charge is -2.35. The summed E-state index contributed by atoms with van der Waals surface area (Å²) in [4.78, 5) is 45.1. The molecule has 2 fully saturated rings. The molecule has 2 aliphatic rings.